The lowest BCUT2D eigenvalue weighted by molar-refractivity contribution is -0.120. The zero-order valence-corrected chi connectivity index (χ0v) is 11.9. The summed E-state index contributed by atoms with van der Waals surface area (Å²) in [6.07, 6.45) is 1.84. The summed E-state index contributed by atoms with van der Waals surface area (Å²) in [5.41, 5.74) is 0.425. The molecule has 1 aromatic rings. The van der Waals surface area contributed by atoms with E-state index in [1.54, 1.807) is 0 Å². The number of carbonyl (C=O) groups is 1. The number of piperidine rings is 1. The van der Waals surface area contributed by atoms with Gasteiger partial charge in [0.15, 0.2) is 0 Å². The summed E-state index contributed by atoms with van der Waals surface area (Å²) in [5, 5.41) is 6.12. The number of rotatable bonds is 2. The van der Waals surface area contributed by atoms with Crippen molar-refractivity contribution in [3.63, 3.8) is 0 Å². The van der Waals surface area contributed by atoms with E-state index in [0.717, 1.165) is 19.4 Å². The molecule has 3 nitrogen and oxygen atoms in total. The van der Waals surface area contributed by atoms with Crippen LogP contribution in [0.1, 0.15) is 12.8 Å². The number of benzene rings is 1. The number of anilines is 1. The zero-order chi connectivity index (χ0) is 13.1. The molecule has 6 heteroatoms. The second-order valence-corrected chi connectivity index (χ2v) is 5.54. The molecular formula is C12H13BrClFN2O. The predicted molar refractivity (Wildman–Crippen MR) is 73.3 cm³/mol. The van der Waals surface area contributed by atoms with Gasteiger partial charge in [-0.25, -0.2) is 4.39 Å². The van der Waals surface area contributed by atoms with E-state index >= 15 is 0 Å². The van der Waals surface area contributed by atoms with Gasteiger partial charge in [-0.05, 0) is 47.4 Å². The Kier molecular flexibility index (Phi) is 4.59. The molecule has 1 aromatic carbocycles. The predicted octanol–water partition coefficient (Wildman–Crippen LogP) is 3.18. The third-order valence-corrected chi connectivity index (χ3v) is 3.85. The van der Waals surface area contributed by atoms with E-state index in [9.17, 15) is 9.18 Å². The van der Waals surface area contributed by atoms with Crippen LogP contribution in [0, 0.1) is 11.7 Å². The first-order valence-corrected chi connectivity index (χ1v) is 6.91. The molecule has 0 spiro atoms. The molecule has 0 saturated carbocycles. The first-order valence-electron chi connectivity index (χ1n) is 5.74. The molecule has 1 saturated heterocycles. The van der Waals surface area contributed by atoms with E-state index in [1.165, 1.54) is 12.1 Å². The van der Waals surface area contributed by atoms with Crippen molar-refractivity contribution in [3.8, 4) is 0 Å². The van der Waals surface area contributed by atoms with Crippen molar-refractivity contribution in [2.75, 3.05) is 18.4 Å². The lowest BCUT2D eigenvalue weighted by Gasteiger charge is -2.22. The Bertz CT molecular complexity index is 440. The van der Waals surface area contributed by atoms with Gasteiger partial charge in [-0.15, -0.1) is 0 Å². The van der Waals surface area contributed by atoms with Crippen LogP contribution in [0.3, 0.4) is 0 Å². The maximum Gasteiger partial charge on any atom is 0.228 e. The van der Waals surface area contributed by atoms with Gasteiger partial charge in [0.05, 0.1) is 16.6 Å². The number of hydrogen-bond acceptors (Lipinski definition) is 2. The Balaban J connectivity index is 2.11. The molecule has 0 aromatic heterocycles. The Morgan fingerprint density at radius 1 is 1.56 bits per heavy atom. The lowest BCUT2D eigenvalue weighted by Crippen LogP contribution is -2.37. The summed E-state index contributed by atoms with van der Waals surface area (Å²) in [5.74, 6) is -0.590. The van der Waals surface area contributed by atoms with E-state index < -0.39 is 5.82 Å². The smallest absolute Gasteiger partial charge is 0.228 e. The molecule has 0 unspecified atom stereocenters. The van der Waals surface area contributed by atoms with E-state index in [2.05, 4.69) is 26.6 Å². The van der Waals surface area contributed by atoms with Crippen LogP contribution in [0.5, 0.6) is 0 Å². The molecule has 2 N–H and O–H groups in total. The molecule has 98 valence electrons. The van der Waals surface area contributed by atoms with Crippen LogP contribution in [0.15, 0.2) is 16.6 Å². The summed E-state index contributed by atoms with van der Waals surface area (Å²) < 4.78 is 13.5. The van der Waals surface area contributed by atoms with Crippen molar-refractivity contribution < 1.29 is 9.18 Å². The molecule has 1 aliphatic rings. The van der Waals surface area contributed by atoms with Gasteiger partial charge in [-0.2, -0.15) is 0 Å². The van der Waals surface area contributed by atoms with Crippen LogP contribution in [0.4, 0.5) is 10.1 Å². The molecule has 1 amide bonds. The number of hydrogen-bond donors (Lipinski definition) is 2. The van der Waals surface area contributed by atoms with Gasteiger partial charge < -0.3 is 10.6 Å². The summed E-state index contributed by atoms with van der Waals surface area (Å²) in [7, 11) is 0. The van der Waals surface area contributed by atoms with E-state index in [4.69, 9.17) is 11.6 Å². The highest BCUT2D eigenvalue weighted by molar-refractivity contribution is 9.10. The first kappa shape index (κ1) is 13.8. The van der Waals surface area contributed by atoms with Gasteiger partial charge in [-0.3, -0.25) is 4.79 Å². The Morgan fingerprint density at radius 3 is 2.94 bits per heavy atom. The first-order chi connectivity index (χ1) is 8.58. The van der Waals surface area contributed by atoms with Crippen molar-refractivity contribution in [1.29, 1.82) is 0 Å². The van der Waals surface area contributed by atoms with Gasteiger partial charge in [-0.1, -0.05) is 11.6 Å². The quantitative estimate of drug-likeness (QED) is 0.871. The third-order valence-electron chi connectivity index (χ3n) is 2.92. The number of nitrogens with one attached hydrogen (secondary N) is 2. The molecular weight excluding hydrogens is 323 g/mol. The normalized spacial score (nSPS) is 19.6. The fraction of sp³-hybridized carbons (Fsp3) is 0.417. The standard InChI is InChI=1S/C12H13BrClFN2O/c13-9-4-8(15)5-10(14)11(9)17-12(18)7-2-1-3-16-6-7/h4-5,7,16H,1-3,6H2,(H,17,18)/t7-/m0/s1. The van der Waals surface area contributed by atoms with Crippen molar-refractivity contribution in [2.24, 2.45) is 5.92 Å². The average Bonchev–Trinajstić information content (AvgIpc) is 2.34. The number of amides is 1. The van der Waals surface area contributed by atoms with E-state index in [1.807, 2.05) is 0 Å². The molecule has 1 heterocycles. The summed E-state index contributed by atoms with van der Waals surface area (Å²) in [6, 6.07) is 2.46. The highest BCUT2D eigenvalue weighted by Crippen LogP contribution is 2.32. The van der Waals surface area contributed by atoms with Crippen LogP contribution in [-0.2, 0) is 4.79 Å². The average molecular weight is 336 g/mol. The van der Waals surface area contributed by atoms with Crippen molar-refractivity contribution >= 4 is 39.1 Å². The molecule has 1 atom stereocenters. The summed E-state index contributed by atoms with van der Waals surface area (Å²) in [6.45, 7) is 1.62. The minimum atomic E-state index is -0.441. The van der Waals surface area contributed by atoms with Crippen molar-refractivity contribution in [3.05, 3.63) is 27.4 Å². The minimum absolute atomic E-state index is 0.0632. The number of carbonyl (C=O) groups excluding carboxylic acids is 1. The van der Waals surface area contributed by atoms with Gasteiger partial charge in [0.2, 0.25) is 5.91 Å². The SMILES string of the molecule is O=C(Nc1c(Cl)cc(F)cc1Br)[C@H]1CCCNC1. The second-order valence-electron chi connectivity index (χ2n) is 4.28. The fourth-order valence-electron chi connectivity index (χ4n) is 1.96. The molecule has 0 radical (unpaired) electrons. The molecule has 1 fully saturated rings. The van der Waals surface area contributed by atoms with E-state index in [-0.39, 0.29) is 16.8 Å². The van der Waals surface area contributed by atoms with Gasteiger partial charge in [0.25, 0.3) is 0 Å². The molecule has 0 aliphatic carbocycles. The molecule has 18 heavy (non-hydrogen) atoms. The minimum Gasteiger partial charge on any atom is -0.324 e. The number of halogens is 3. The molecule has 1 aliphatic heterocycles. The van der Waals surface area contributed by atoms with Crippen LogP contribution < -0.4 is 10.6 Å². The highest BCUT2D eigenvalue weighted by Gasteiger charge is 2.22. The van der Waals surface area contributed by atoms with Crippen molar-refractivity contribution in [2.45, 2.75) is 12.8 Å². The summed E-state index contributed by atoms with van der Waals surface area (Å²) >= 11 is 9.11. The Hall–Kier alpha value is -0.650. The van der Waals surface area contributed by atoms with Crippen LogP contribution in [0.25, 0.3) is 0 Å². The molecule has 2 rings (SSSR count). The highest BCUT2D eigenvalue weighted by atomic mass is 79.9. The van der Waals surface area contributed by atoms with Crippen LogP contribution in [0.2, 0.25) is 5.02 Å². The lowest BCUT2D eigenvalue weighted by atomic mass is 9.99. The topological polar surface area (TPSA) is 41.1 Å². The Labute approximate surface area is 118 Å². The van der Waals surface area contributed by atoms with E-state index in [0.29, 0.717) is 16.7 Å². The van der Waals surface area contributed by atoms with Crippen molar-refractivity contribution in [1.82, 2.24) is 5.32 Å². The van der Waals surface area contributed by atoms with Crippen LogP contribution in [-0.4, -0.2) is 19.0 Å². The largest absolute Gasteiger partial charge is 0.324 e. The maximum absolute atomic E-state index is 13.1. The zero-order valence-electron chi connectivity index (χ0n) is 9.60. The third kappa shape index (κ3) is 3.22. The van der Waals surface area contributed by atoms with Gasteiger partial charge in [0, 0.05) is 11.0 Å². The maximum atomic E-state index is 13.1. The summed E-state index contributed by atoms with van der Waals surface area (Å²) in [4.78, 5) is 12.0. The second kappa shape index (κ2) is 5.99. The Morgan fingerprint density at radius 2 is 2.33 bits per heavy atom. The van der Waals surface area contributed by atoms with Gasteiger partial charge >= 0.3 is 0 Å². The van der Waals surface area contributed by atoms with Crippen LogP contribution >= 0.6 is 27.5 Å². The van der Waals surface area contributed by atoms with Gasteiger partial charge in [0.1, 0.15) is 5.82 Å². The fourth-order valence-corrected chi connectivity index (χ4v) is 2.86. The monoisotopic (exact) mass is 334 g/mol. The molecule has 0 bridgehead atoms.